The summed E-state index contributed by atoms with van der Waals surface area (Å²) >= 11 is 0. The molecule has 2 amide bonds. The molecule has 41 heavy (non-hydrogen) atoms. The number of carbonyl (C=O) groups is 3. The first kappa shape index (κ1) is 26.3. The SMILES string of the molecule is CC(=O)OC1CC2CN(C(=O)c3ccc(NC(=O)c4ccccc4-c4ccc(C)cc4)cc3)c3ccccc3N2C1. The predicted molar refractivity (Wildman–Crippen MR) is 160 cm³/mol. The van der Waals surface area contributed by atoms with Crippen LogP contribution in [0, 0.1) is 6.92 Å². The topological polar surface area (TPSA) is 79.0 Å². The van der Waals surface area contributed by atoms with Gasteiger partial charge in [-0.25, -0.2) is 0 Å². The van der Waals surface area contributed by atoms with Gasteiger partial charge in [-0.1, -0.05) is 60.2 Å². The monoisotopic (exact) mass is 545 g/mol. The van der Waals surface area contributed by atoms with Gasteiger partial charge in [-0.05, 0) is 60.5 Å². The molecule has 1 fully saturated rings. The van der Waals surface area contributed by atoms with Gasteiger partial charge in [0, 0.05) is 36.7 Å². The Bertz CT molecular complexity index is 1610. The number of para-hydroxylation sites is 2. The molecule has 2 aliphatic heterocycles. The van der Waals surface area contributed by atoms with Crippen molar-refractivity contribution in [2.75, 3.05) is 28.2 Å². The summed E-state index contributed by atoms with van der Waals surface area (Å²) in [4.78, 5) is 42.6. The minimum atomic E-state index is -0.290. The van der Waals surface area contributed by atoms with E-state index in [1.165, 1.54) is 6.92 Å². The van der Waals surface area contributed by atoms with E-state index in [1.54, 1.807) is 29.2 Å². The van der Waals surface area contributed by atoms with Gasteiger partial charge < -0.3 is 19.9 Å². The van der Waals surface area contributed by atoms with Crippen molar-refractivity contribution in [3.63, 3.8) is 0 Å². The zero-order valence-corrected chi connectivity index (χ0v) is 23.0. The molecule has 1 saturated heterocycles. The van der Waals surface area contributed by atoms with Gasteiger partial charge in [0.05, 0.1) is 24.0 Å². The second kappa shape index (κ2) is 10.9. The normalized spacial score (nSPS) is 17.4. The zero-order chi connectivity index (χ0) is 28.5. The van der Waals surface area contributed by atoms with Crippen LogP contribution in [0.4, 0.5) is 17.1 Å². The summed E-state index contributed by atoms with van der Waals surface area (Å²) in [7, 11) is 0. The van der Waals surface area contributed by atoms with Crippen molar-refractivity contribution >= 4 is 34.8 Å². The Kier molecular flexibility index (Phi) is 7.01. The van der Waals surface area contributed by atoms with Crippen LogP contribution in [0.25, 0.3) is 11.1 Å². The standard InChI is InChI=1S/C34H31N3O4/c1-22-11-13-24(14-12-22)29-7-3-4-8-30(29)33(39)35-26-17-15-25(16-18-26)34(40)37-20-27-19-28(41-23(2)38)21-36(27)31-9-5-6-10-32(31)37/h3-18,27-28H,19-21H2,1-2H3,(H,35,39). The fourth-order valence-corrected chi connectivity index (χ4v) is 5.81. The quantitative estimate of drug-likeness (QED) is 0.307. The summed E-state index contributed by atoms with van der Waals surface area (Å²) in [6, 6.07) is 30.5. The first-order valence-electron chi connectivity index (χ1n) is 13.8. The van der Waals surface area contributed by atoms with Gasteiger partial charge in [-0.2, -0.15) is 0 Å². The third-order valence-electron chi connectivity index (χ3n) is 7.75. The fourth-order valence-electron chi connectivity index (χ4n) is 5.81. The number of hydrogen-bond acceptors (Lipinski definition) is 5. The van der Waals surface area contributed by atoms with Crippen molar-refractivity contribution < 1.29 is 19.1 Å². The average molecular weight is 546 g/mol. The highest BCUT2D eigenvalue weighted by molar-refractivity contribution is 6.10. The molecule has 2 heterocycles. The summed E-state index contributed by atoms with van der Waals surface area (Å²) < 4.78 is 5.49. The number of rotatable bonds is 5. The van der Waals surface area contributed by atoms with Gasteiger partial charge >= 0.3 is 5.97 Å². The Hall–Kier alpha value is -4.91. The van der Waals surface area contributed by atoms with E-state index in [1.807, 2.05) is 79.7 Å². The Morgan fingerprint density at radius 2 is 1.49 bits per heavy atom. The van der Waals surface area contributed by atoms with Gasteiger partial charge in [0.15, 0.2) is 0 Å². The van der Waals surface area contributed by atoms with Gasteiger partial charge in [-0.15, -0.1) is 0 Å². The highest BCUT2D eigenvalue weighted by atomic mass is 16.5. The fraction of sp³-hybridized carbons (Fsp3) is 0.206. The molecular weight excluding hydrogens is 514 g/mol. The number of aryl methyl sites for hydroxylation is 1. The van der Waals surface area contributed by atoms with Crippen molar-refractivity contribution in [1.29, 1.82) is 0 Å². The van der Waals surface area contributed by atoms with Crippen molar-refractivity contribution in [3.05, 3.63) is 114 Å². The first-order chi connectivity index (χ1) is 19.9. The molecule has 0 aliphatic carbocycles. The number of hydrogen-bond donors (Lipinski definition) is 1. The number of amides is 2. The minimum Gasteiger partial charge on any atom is -0.461 e. The minimum absolute atomic E-state index is 0.0605. The molecule has 1 N–H and O–H groups in total. The highest BCUT2D eigenvalue weighted by Gasteiger charge is 2.41. The lowest BCUT2D eigenvalue weighted by atomic mass is 9.98. The van der Waals surface area contributed by atoms with E-state index in [9.17, 15) is 14.4 Å². The third kappa shape index (κ3) is 5.31. The van der Waals surface area contributed by atoms with E-state index in [0.29, 0.717) is 36.3 Å². The average Bonchev–Trinajstić information content (AvgIpc) is 3.39. The molecule has 2 atom stereocenters. The number of fused-ring (bicyclic) bond motifs is 3. The summed E-state index contributed by atoms with van der Waals surface area (Å²) in [5, 5.41) is 2.98. The zero-order valence-electron chi connectivity index (χ0n) is 23.0. The molecule has 7 heteroatoms. The second-order valence-corrected chi connectivity index (χ2v) is 10.6. The number of nitrogens with zero attached hydrogens (tertiary/aromatic N) is 2. The smallest absolute Gasteiger partial charge is 0.302 e. The summed E-state index contributed by atoms with van der Waals surface area (Å²) in [5.74, 6) is -0.619. The molecule has 2 aliphatic rings. The van der Waals surface area contributed by atoms with Gasteiger partial charge in [-0.3, -0.25) is 14.4 Å². The maximum absolute atomic E-state index is 13.7. The van der Waals surface area contributed by atoms with Crippen LogP contribution in [-0.2, 0) is 9.53 Å². The Morgan fingerprint density at radius 1 is 0.805 bits per heavy atom. The number of benzene rings is 4. The van der Waals surface area contributed by atoms with Crippen molar-refractivity contribution in [2.45, 2.75) is 32.4 Å². The van der Waals surface area contributed by atoms with Crippen LogP contribution in [0.1, 0.15) is 39.6 Å². The maximum atomic E-state index is 13.7. The van der Waals surface area contributed by atoms with Crippen molar-refractivity contribution in [1.82, 2.24) is 0 Å². The Labute approximate surface area is 239 Å². The summed E-state index contributed by atoms with van der Waals surface area (Å²) in [6.45, 7) is 4.58. The Balaban J connectivity index is 1.19. The molecule has 0 saturated carbocycles. The molecule has 0 radical (unpaired) electrons. The van der Waals surface area contributed by atoms with Crippen LogP contribution in [-0.4, -0.2) is 43.0 Å². The lowest BCUT2D eigenvalue weighted by Crippen LogP contribution is -2.48. The van der Waals surface area contributed by atoms with Gasteiger partial charge in [0.2, 0.25) is 0 Å². The number of esters is 1. The molecule has 206 valence electrons. The van der Waals surface area contributed by atoms with E-state index in [0.717, 1.165) is 28.1 Å². The molecule has 6 rings (SSSR count). The van der Waals surface area contributed by atoms with E-state index >= 15 is 0 Å². The molecular formula is C34H31N3O4. The van der Waals surface area contributed by atoms with E-state index < -0.39 is 0 Å². The molecule has 4 aromatic rings. The van der Waals surface area contributed by atoms with Crippen LogP contribution >= 0.6 is 0 Å². The number of nitrogens with one attached hydrogen (secondary N) is 1. The molecule has 2 unspecified atom stereocenters. The van der Waals surface area contributed by atoms with Crippen LogP contribution in [0.15, 0.2) is 97.1 Å². The largest absolute Gasteiger partial charge is 0.461 e. The second-order valence-electron chi connectivity index (χ2n) is 10.6. The summed E-state index contributed by atoms with van der Waals surface area (Å²) in [5.41, 5.74) is 6.50. The van der Waals surface area contributed by atoms with Crippen LogP contribution in [0.3, 0.4) is 0 Å². The van der Waals surface area contributed by atoms with Crippen LogP contribution in [0.2, 0.25) is 0 Å². The number of anilines is 3. The molecule has 0 aromatic heterocycles. The van der Waals surface area contributed by atoms with E-state index in [4.69, 9.17) is 4.74 Å². The predicted octanol–water partition coefficient (Wildman–Crippen LogP) is 6.09. The highest BCUT2D eigenvalue weighted by Crippen LogP contribution is 2.40. The number of carbonyl (C=O) groups excluding carboxylic acids is 3. The molecule has 0 bridgehead atoms. The molecule has 7 nitrogen and oxygen atoms in total. The first-order valence-corrected chi connectivity index (χ1v) is 13.8. The lowest BCUT2D eigenvalue weighted by Gasteiger charge is -2.40. The van der Waals surface area contributed by atoms with Gasteiger partial charge in [0.25, 0.3) is 11.8 Å². The van der Waals surface area contributed by atoms with Crippen LogP contribution in [0.5, 0.6) is 0 Å². The van der Waals surface area contributed by atoms with Gasteiger partial charge in [0.1, 0.15) is 6.10 Å². The van der Waals surface area contributed by atoms with Crippen molar-refractivity contribution in [3.8, 4) is 11.1 Å². The Morgan fingerprint density at radius 3 is 2.22 bits per heavy atom. The molecule has 4 aromatic carbocycles. The maximum Gasteiger partial charge on any atom is 0.302 e. The lowest BCUT2D eigenvalue weighted by molar-refractivity contribution is -0.145. The van der Waals surface area contributed by atoms with Crippen molar-refractivity contribution in [2.24, 2.45) is 0 Å². The number of ether oxygens (including phenoxy) is 1. The van der Waals surface area contributed by atoms with Crippen LogP contribution < -0.4 is 15.1 Å². The third-order valence-corrected chi connectivity index (χ3v) is 7.75. The van der Waals surface area contributed by atoms with E-state index in [-0.39, 0.29) is 29.9 Å². The molecule has 0 spiro atoms. The summed E-state index contributed by atoms with van der Waals surface area (Å²) in [6.07, 6.45) is 0.479. The van der Waals surface area contributed by atoms with E-state index in [2.05, 4.69) is 10.2 Å².